The fraction of sp³-hybridized carbons (Fsp3) is 0.222. The summed E-state index contributed by atoms with van der Waals surface area (Å²) in [5.41, 5.74) is 6.34. The molecule has 0 saturated carbocycles. The topological polar surface area (TPSA) is 54.7 Å². The van der Waals surface area contributed by atoms with Gasteiger partial charge in [-0.1, -0.05) is 0 Å². The molecule has 0 fully saturated rings. The zero-order valence-electron chi connectivity index (χ0n) is 7.24. The van der Waals surface area contributed by atoms with Crippen molar-refractivity contribution in [3.05, 3.63) is 30.1 Å². The molecular formula is C9H9F2N3. The van der Waals surface area contributed by atoms with Gasteiger partial charge in [-0.25, -0.2) is 13.8 Å². The number of aromatic amines is 1. The second-order valence-corrected chi connectivity index (χ2v) is 3.00. The maximum Gasteiger partial charge on any atom is 0.257 e. The van der Waals surface area contributed by atoms with Crippen LogP contribution in [-0.4, -0.2) is 16.4 Å². The highest BCUT2D eigenvalue weighted by Crippen LogP contribution is 2.24. The van der Waals surface area contributed by atoms with Gasteiger partial charge in [0.25, 0.3) is 6.43 Å². The number of nitrogens with zero attached hydrogens (tertiary/aromatic N) is 1. The molecule has 0 amide bonds. The number of nitrogens with one attached hydrogen (secondary N) is 1. The lowest BCUT2D eigenvalue weighted by atomic mass is 10.1. The second-order valence-electron chi connectivity index (χ2n) is 3.00. The molecule has 14 heavy (non-hydrogen) atoms. The number of H-pyrrole nitrogens is 1. The predicted molar refractivity (Wildman–Crippen MR) is 49.0 cm³/mol. The zero-order valence-corrected chi connectivity index (χ0v) is 7.24. The van der Waals surface area contributed by atoms with Crippen LogP contribution in [0, 0.1) is 0 Å². The highest BCUT2D eigenvalue weighted by molar-refractivity contribution is 5.80. The molecule has 0 saturated heterocycles. The van der Waals surface area contributed by atoms with Gasteiger partial charge in [0.05, 0.1) is 6.04 Å². The lowest BCUT2D eigenvalue weighted by Crippen LogP contribution is -2.18. The van der Waals surface area contributed by atoms with Crippen LogP contribution in [0.3, 0.4) is 0 Å². The summed E-state index contributed by atoms with van der Waals surface area (Å²) in [5.74, 6) is 0. The van der Waals surface area contributed by atoms with Crippen LogP contribution in [0.25, 0.3) is 11.0 Å². The van der Waals surface area contributed by atoms with Crippen molar-refractivity contribution < 1.29 is 8.78 Å². The van der Waals surface area contributed by atoms with Gasteiger partial charge in [-0.3, -0.25) is 0 Å². The maximum atomic E-state index is 12.4. The normalized spacial score (nSPS) is 13.7. The Hall–Kier alpha value is -1.49. The van der Waals surface area contributed by atoms with Crippen LogP contribution in [0.4, 0.5) is 8.78 Å². The number of hydrogen-bond donors (Lipinski definition) is 2. The Balaban J connectivity index is 2.53. The molecule has 0 spiro atoms. The number of alkyl halides is 2. The summed E-state index contributed by atoms with van der Waals surface area (Å²) in [7, 11) is 0. The zero-order chi connectivity index (χ0) is 10.1. The number of aromatic nitrogens is 2. The molecule has 0 bridgehead atoms. The van der Waals surface area contributed by atoms with Crippen molar-refractivity contribution in [2.45, 2.75) is 12.5 Å². The molecule has 0 aliphatic rings. The van der Waals surface area contributed by atoms with E-state index in [0.717, 1.165) is 0 Å². The van der Waals surface area contributed by atoms with Crippen molar-refractivity contribution in [2.75, 3.05) is 0 Å². The van der Waals surface area contributed by atoms with Crippen LogP contribution in [0.5, 0.6) is 0 Å². The highest BCUT2D eigenvalue weighted by atomic mass is 19.3. The van der Waals surface area contributed by atoms with E-state index in [1.54, 1.807) is 18.3 Å². The van der Waals surface area contributed by atoms with Gasteiger partial charge in [-0.2, -0.15) is 0 Å². The summed E-state index contributed by atoms with van der Waals surface area (Å²) in [4.78, 5) is 6.79. The largest absolute Gasteiger partial charge is 0.346 e. The number of rotatable bonds is 2. The molecule has 5 heteroatoms. The van der Waals surface area contributed by atoms with Gasteiger partial charge in [-0.15, -0.1) is 0 Å². The fourth-order valence-corrected chi connectivity index (χ4v) is 1.39. The van der Waals surface area contributed by atoms with Gasteiger partial charge in [-0.05, 0) is 12.1 Å². The Bertz CT molecular complexity index is 438. The van der Waals surface area contributed by atoms with Crippen LogP contribution in [0.15, 0.2) is 24.5 Å². The molecule has 0 aliphatic heterocycles. The SMILES string of the molecule is NC(c1c[nH]c2ncccc12)C(F)F. The third-order valence-corrected chi connectivity index (χ3v) is 2.11. The highest BCUT2D eigenvalue weighted by Gasteiger charge is 2.20. The van der Waals surface area contributed by atoms with Gasteiger partial charge >= 0.3 is 0 Å². The first-order chi connectivity index (χ1) is 6.70. The van der Waals surface area contributed by atoms with Crippen LogP contribution in [0.2, 0.25) is 0 Å². The third-order valence-electron chi connectivity index (χ3n) is 2.11. The molecule has 1 unspecified atom stereocenters. The Kier molecular flexibility index (Phi) is 2.17. The molecule has 0 aliphatic carbocycles. The summed E-state index contributed by atoms with van der Waals surface area (Å²) in [6.07, 6.45) is 0.513. The summed E-state index contributed by atoms with van der Waals surface area (Å²) in [5, 5.41) is 0.653. The van der Waals surface area contributed by atoms with Gasteiger partial charge in [0.15, 0.2) is 0 Å². The molecule has 3 nitrogen and oxygen atoms in total. The van der Waals surface area contributed by atoms with E-state index >= 15 is 0 Å². The fourth-order valence-electron chi connectivity index (χ4n) is 1.39. The van der Waals surface area contributed by atoms with E-state index in [0.29, 0.717) is 16.6 Å². The molecule has 1 atom stereocenters. The molecule has 2 heterocycles. The van der Waals surface area contributed by atoms with Crippen molar-refractivity contribution in [3.63, 3.8) is 0 Å². The standard InChI is InChI=1S/C9H9F2N3/c10-8(11)7(12)6-4-14-9-5(6)2-1-3-13-9/h1-4,7-8H,12H2,(H,13,14). The molecule has 2 aromatic heterocycles. The average molecular weight is 197 g/mol. The summed E-state index contributed by atoms with van der Waals surface area (Å²) < 4.78 is 24.7. The number of pyridine rings is 1. The van der Waals surface area contributed by atoms with Crippen molar-refractivity contribution >= 4 is 11.0 Å². The van der Waals surface area contributed by atoms with Gasteiger partial charge in [0.1, 0.15) is 5.65 Å². The first-order valence-electron chi connectivity index (χ1n) is 4.16. The van der Waals surface area contributed by atoms with Gasteiger partial charge < -0.3 is 10.7 Å². The van der Waals surface area contributed by atoms with E-state index in [-0.39, 0.29) is 0 Å². The number of fused-ring (bicyclic) bond motifs is 1. The minimum absolute atomic E-state index is 0.406. The monoisotopic (exact) mass is 197 g/mol. The van der Waals surface area contributed by atoms with Gasteiger partial charge in [0.2, 0.25) is 0 Å². The molecule has 0 aromatic carbocycles. The van der Waals surface area contributed by atoms with E-state index in [1.165, 1.54) is 6.20 Å². The quantitative estimate of drug-likeness (QED) is 0.771. The first kappa shape index (κ1) is 9.08. The summed E-state index contributed by atoms with van der Waals surface area (Å²) in [6.45, 7) is 0. The number of halogens is 2. The first-order valence-corrected chi connectivity index (χ1v) is 4.16. The molecule has 0 radical (unpaired) electrons. The minimum atomic E-state index is -2.56. The molecule has 3 N–H and O–H groups in total. The Labute approximate surface area is 78.9 Å². The number of nitrogens with two attached hydrogens (primary N) is 1. The van der Waals surface area contributed by atoms with E-state index < -0.39 is 12.5 Å². The third kappa shape index (κ3) is 1.35. The smallest absolute Gasteiger partial charge is 0.257 e. The maximum absolute atomic E-state index is 12.4. The van der Waals surface area contributed by atoms with E-state index in [9.17, 15) is 8.78 Å². The molecular weight excluding hydrogens is 188 g/mol. The number of hydrogen-bond acceptors (Lipinski definition) is 2. The van der Waals surface area contributed by atoms with Crippen LogP contribution in [0.1, 0.15) is 11.6 Å². The summed E-state index contributed by atoms with van der Waals surface area (Å²) >= 11 is 0. The van der Waals surface area contributed by atoms with Crippen LogP contribution in [-0.2, 0) is 0 Å². The van der Waals surface area contributed by atoms with E-state index in [1.807, 2.05) is 0 Å². The lowest BCUT2D eigenvalue weighted by Gasteiger charge is -2.08. The lowest BCUT2D eigenvalue weighted by molar-refractivity contribution is 0.117. The Morgan fingerprint density at radius 3 is 2.93 bits per heavy atom. The average Bonchev–Trinajstić information content (AvgIpc) is 2.60. The summed E-state index contributed by atoms with van der Waals surface area (Å²) in [6, 6.07) is 2.15. The second kappa shape index (κ2) is 3.34. The molecule has 2 aromatic rings. The molecule has 2 rings (SSSR count). The van der Waals surface area contributed by atoms with Crippen molar-refractivity contribution in [1.82, 2.24) is 9.97 Å². The predicted octanol–water partition coefficient (Wildman–Crippen LogP) is 1.83. The van der Waals surface area contributed by atoms with Crippen molar-refractivity contribution in [2.24, 2.45) is 5.73 Å². The molecule has 74 valence electrons. The van der Waals surface area contributed by atoms with Crippen molar-refractivity contribution in [3.8, 4) is 0 Å². The van der Waals surface area contributed by atoms with Gasteiger partial charge in [0, 0.05) is 23.3 Å². The Morgan fingerprint density at radius 1 is 1.43 bits per heavy atom. The van der Waals surface area contributed by atoms with Crippen LogP contribution >= 0.6 is 0 Å². The Morgan fingerprint density at radius 2 is 2.21 bits per heavy atom. The van der Waals surface area contributed by atoms with Crippen molar-refractivity contribution in [1.29, 1.82) is 0 Å². The van der Waals surface area contributed by atoms with Crippen LogP contribution < -0.4 is 5.73 Å². The van der Waals surface area contributed by atoms with E-state index in [2.05, 4.69) is 9.97 Å². The minimum Gasteiger partial charge on any atom is -0.346 e. The van der Waals surface area contributed by atoms with E-state index in [4.69, 9.17) is 5.73 Å².